The van der Waals surface area contributed by atoms with Crippen LogP contribution in [0.3, 0.4) is 0 Å². The van der Waals surface area contributed by atoms with Gasteiger partial charge in [0.1, 0.15) is 11.6 Å². The smallest absolute Gasteiger partial charge is 0.0134 e. The van der Waals surface area contributed by atoms with Crippen LogP contribution in [0, 0.1) is 35.8 Å². The van der Waals surface area contributed by atoms with E-state index in [-0.39, 0.29) is 64.2 Å². The van der Waals surface area contributed by atoms with Crippen LogP contribution >= 0.6 is 50.8 Å². The molecule has 22 heteroatoms. The van der Waals surface area contributed by atoms with Crippen molar-refractivity contribution in [2.45, 2.75) is 37.9 Å². The molecule has 2 fully saturated rings. The van der Waals surface area contributed by atoms with Gasteiger partial charge in [0.05, 0.1) is 24.2 Å². The number of hydrogen-bond acceptors (Lipinski definition) is 12. The molecule has 2 atom stereocenters. The summed E-state index contributed by atoms with van der Waals surface area (Å²) in [7, 11) is 12.0. The van der Waals surface area contributed by atoms with E-state index in [1.54, 1.807) is 52.2 Å². The molecule has 540 valence electrons. The second kappa shape index (κ2) is 39.6. The van der Waals surface area contributed by atoms with Crippen LogP contribution in [0.2, 0.25) is 0 Å². The first-order chi connectivity index (χ1) is 51.3. The monoisotopic (exact) mass is 1650 g/mol. The van der Waals surface area contributed by atoms with Crippen LogP contribution in [-0.4, -0.2) is 115 Å². The van der Waals surface area contributed by atoms with Gasteiger partial charge < -0.3 is 29.5 Å². The van der Waals surface area contributed by atoms with Crippen molar-refractivity contribution < 1.29 is 63.6 Å². The van der Waals surface area contributed by atoms with E-state index in [4.69, 9.17) is 35.0 Å². The Labute approximate surface area is 642 Å². The molecule has 0 saturated carbocycles. The van der Waals surface area contributed by atoms with Gasteiger partial charge in [-0.05, 0) is 110 Å². The van der Waals surface area contributed by atoms with Crippen LogP contribution in [0.1, 0.15) is 53.2 Å². The van der Waals surface area contributed by atoms with Crippen LogP contribution in [0.5, 0.6) is 0 Å². The zero-order valence-electron chi connectivity index (χ0n) is 57.9. The number of rotatable bonds is 12. The fourth-order valence-electron chi connectivity index (χ4n) is 11.0. The second-order valence-corrected chi connectivity index (χ2v) is 31.2. The molecular weight excluding hydrogens is 1580 g/mol. The molecule has 0 unspecified atom stereocenters. The number of fused-ring (bicyclic) bond motifs is 2. The molecule has 4 heterocycles. The summed E-state index contributed by atoms with van der Waals surface area (Å²) in [5.74, 6) is 5.23. The summed E-state index contributed by atoms with van der Waals surface area (Å²) < 4.78 is 38.3. The van der Waals surface area contributed by atoms with E-state index in [0.717, 1.165) is 10.0 Å². The Morgan fingerprint density at radius 2 is 0.849 bits per heavy atom. The van der Waals surface area contributed by atoms with E-state index in [1.807, 2.05) is 24.3 Å². The number of nitrogens with zero attached hydrogens (tertiary/aromatic N) is 6. The van der Waals surface area contributed by atoms with Gasteiger partial charge in [-0.2, -0.15) is 0 Å². The van der Waals surface area contributed by atoms with Gasteiger partial charge in [-0.15, -0.1) is 6.42 Å². The van der Waals surface area contributed by atoms with Crippen molar-refractivity contribution in [1.82, 2.24) is 29.7 Å². The molecule has 14 rings (SSSR count). The first-order valence-corrected chi connectivity index (χ1v) is 40.6. The van der Waals surface area contributed by atoms with Crippen molar-refractivity contribution >= 4 is 128 Å². The van der Waals surface area contributed by atoms with E-state index in [2.05, 4.69) is 236 Å². The van der Waals surface area contributed by atoms with Crippen LogP contribution in [0.25, 0.3) is 44.6 Å². The Morgan fingerprint density at radius 1 is 0.509 bits per heavy atom. The number of likely N-dealkylation sites (N-methyl/N-ethyl adjacent to an activating group) is 2. The average molecular weight is 1650 g/mol. The third kappa shape index (κ3) is 21.5. The normalized spacial score (nSPS) is 14.8. The average Bonchev–Trinajstić information content (AvgIpc) is 0.947. The summed E-state index contributed by atoms with van der Waals surface area (Å²) in [5.41, 5.74) is -0.649. The van der Waals surface area contributed by atoms with E-state index in [9.17, 15) is 38.2 Å². The number of amides is 2. The number of carbonyl (C=O) groups excluding carboxylic acids is 4. The van der Waals surface area contributed by atoms with Crippen LogP contribution in [0.15, 0.2) is 271 Å². The van der Waals surface area contributed by atoms with Gasteiger partial charge in [-0.1, -0.05) is 240 Å². The number of terminal acetylenes is 1. The van der Waals surface area contributed by atoms with E-state index in [1.165, 1.54) is 78.0 Å². The number of likely N-dealkylation sites (tertiary alicyclic amines) is 2. The molecule has 0 radical (unpaired) electrons. The SMILES string of the molecule is C#C[C@]1(O)CCN(C)C1=O.CCOC(=O)c1nc(-c2cccc(Br)c2)nc2cc(F)ccc12.CCOC(=O)c1nc(-c2cccc(C#C[C@]3(O)CCN(C)C3=O)c2)nc2cc(F)ccc12.[Cl][Pd][Cl].c1ccc(P(c2ccccc2)c2ccccc2)cc1.c1ccc(P(c2ccccc2)c2ccccc2)cc1. The maximum atomic E-state index is 13.8. The fourth-order valence-corrected chi connectivity index (χ4v) is 16.0. The first-order valence-electron chi connectivity index (χ1n) is 33.2. The maximum absolute atomic E-state index is 13.8. The molecule has 14 nitrogen and oxygen atoms in total. The number of aromatic nitrogens is 4. The number of aliphatic hydroxyl groups is 2. The van der Waals surface area contributed by atoms with Crippen molar-refractivity contribution in [3.63, 3.8) is 0 Å². The Morgan fingerprint density at radius 3 is 1.16 bits per heavy atom. The quantitative estimate of drug-likeness (QED) is 0.0511. The van der Waals surface area contributed by atoms with Crippen LogP contribution in [-0.2, 0) is 35.0 Å². The number of benzene rings is 10. The zero-order valence-corrected chi connectivity index (χ0v) is 64.3. The molecule has 2 aliphatic heterocycles. The summed E-state index contributed by atoms with van der Waals surface area (Å²) in [6, 6.07) is 86.8. The number of halogens is 5. The summed E-state index contributed by atoms with van der Waals surface area (Å²) in [6.45, 7) is 4.78. The molecular formula is C84H71BrCl2F2N6O8P2Pd. The maximum Gasteiger partial charge on any atom is -0.0134 e. The molecule has 10 aromatic carbocycles. The largest absolute Gasteiger partial charge is 0.0622 e. The van der Waals surface area contributed by atoms with Crippen molar-refractivity contribution in [3.8, 4) is 47.0 Å². The summed E-state index contributed by atoms with van der Waals surface area (Å²) in [5, 5.41) is 29.0. The van der Waals surface area contributed by atoms with Crippen molar-refractivity contribution in [2.75, 3.05) is 40.4 Å². The van der Waals surface area contributed by atoms with Crippen LogP contribution < -0.4 is 31.8 Å². The third-order valence-corrected chi connectivity index (χ3v) is 21.6. The van der Waals surface area contributed by atoms with Gasteiger partial charge in [-0.25, -0.2) is 38.3 Å². The standard InChI is InChI=1S/C24H20FN3O4.2C18H15P.C17H12BrFN2O2.C7H9NO2.2ClH.Pd/c1-3-32-22(29)20-18-8-7-17(25)14-19(18)26-21(27-20)16-6-4-5-15(13-16)9-10-24(31)11-12-28(2)23(24)30;2*1-4-10-16(11-5-1)19(17-12-6-2-7-13-17)18-14-8-3-9-15-18;1-2-23-17(22)15-13-7-6-12(19)9-14(13)20-16(21-15)10-4-3-5-11(18)8-10;1-3-7(10)4-5-8(2)6(7)9;;;/h4-8,13-14,31H,3,11-12H2,1-2H3;2*1-15H;3-9H,2H2,1H3;1,10H,4-5H2,2H3;2*1H;/q;;;;;;;+2/p-2/t24-;;;;7-;;;/m0...0.../s1. The minimum absolute atomic E-state index is 0.0391. The Bertz CT molecular complexity index is 4780. The topological polar surface area (TPSA) is 185 Å². The van der Waals surface area contributed by atoms with E-state index >= 15 is 0 Å². The molecule has 0 spiro atoms. The van der Waals surface area contributed by atoms with E-state index < -0.39 is 56.5 Å². The molecule has 0 aliphatic carbocycles. The molecule has 106 heavy (non-hydrogen) atoms. The predicted molar refractivity (Wildman–Crippen MR) is 422 cm³/mol. The molecule has 2 saturated heterocycles. The summed E-state index contributed by atoms with van der Waals surface area (Å²) in [4.78, 5) is 68.1. The van der Waals surface area contributed by atoms with Crippen LogP contribution in [0.4, 0.5) is 8.78 Å². The Kier molecular flexibility index (Phi) is 30.0. The number of carbonyl (C=O) groups is 4. The zero-order chi connectivity index (χ0) is 75.6. The minimum Gasteiger partial charge on any atom is -0.0622 e. The van der Waals surface area contributed by atoms with Gasteiger partial charge in [0.25, 0.3) is 11.8 Å². The molecule has 2 aromatic heterocycles. The summed E-state index contributed by atoms with van der Waals surface area (Å²) in [6.07, 6.45) is 5.55. The molecule has 12 aromatic rings. The predicted octanol–water partition coefficient (Wildman–Crippen LogP) is 14.4. The molecule has 2 N–H and O–H groups in total. The number of ether oxygens (including phenoxy) is 2. The minimum atomic E-state index is -1.71. The van der Waals surface area contributed by atoms with Gasteiger partial charge in [0.15, 0.2) is 23.0 Å². The van der Waals surface area contributed by atoms with E-state index in [0.29, 0.717) is 52.8 Å². The molecule has 2 amide bonds. The van der Waals surface area contributed by atoms with Gasteiger partial charge in [0.2, 0.25) is 11.2 Å². The second-order valence-electron chi connectivity index (χ2n) is 23.4. The van der Waals surface area contributed by atoms with Crippen molar-refractivity contribution in [1.29, 1.82) is 0 Å². The van der Waals surface area contributed by atoms with Crippen molar-refractivity contribution in [3.05, 3.63) is 300 Å². The fraction of sp³-hybridized carbons (Fsp3) is 0.143. The summed E-state index contributed by atoms with van der Waals surface area (Å²) >= 11 is 3.28. The van der Waals surface area contributed by atoms with Gasteiger partial charge in [0, 0.05) is 84.1 Å². The third-order valence-electron chi connectivity index (χ3n) is 16.2. The number of hydrogen-bond donors (Lipinski definition) is 2. The van der Waals surface area contributed by atoms with Gasteiger partial charge >= 0.3 is 46.9 Å². The number of esters is 2. The van der Waals surface area contributed by atoms with Gasteiger partial charge in [-0.3, -0.25) is 9.59 Å². The Balaban J connectivity index is 0.000000157. The van der Waals surface area contributed by atoms with Crippen molar-refractivity contribution in [2.24, 2.45) is 0 Å². The molecule has 2 aliphatic rings. The first kappa shape index (κ1) is 80.3. The Hall–Kier alpha value is -9.76. The molecule has 0 bridgehead atoms.